The molecule has 0 saturated carbocycles. The molecule has 0 aliphatic rings. The lowest BCUT2D eigenvalue weighted by atomic mass is 9.90. The number of likely N-dealkylation sites (N-methyl/N-ethyl adjacent to an activating group) is 1. The molecule has 98 valence electrons. The first-order valence-electron chi connectivity index (χ1n) is 6.21. The van der Waals surface area contributed by atoms with Gasteiger partial charge < -0.3 is 10.1 Å². The van der Waals surface area contributed by atoms with Gasteiger partial charge in [0, 0.05) is 26.1 Å². The summed E-state index contributed by atoms with van der Waals surface area (Å²) in [4.78, 5) is 4.27. The number of hydrogen-bond acceptors (Lipinski definition) is 4. The highest BCUT2D eigenvalue weighted by Crippen LogP contribution is 2.22. The van der Waals surface area contributed by atoms with Crippen LogP contribution in [-0.4, -0.2) is 40.1 Å². The normalized spacial score (nSPS) is 16.8. The number of rotatable bonds is 7. The summed E-state index contributed by atoms with van der Waals surface area (Å²) in [7, 11) is 3.88. The molecule has 2 unspecified atom stereocenters. The summed E-state index contributed by atoms with van der Waals surface area (Å²) >= 11 is 0. The predicted molar refractivity (Wildman–Crippen MR) is 67.9 cm³/mol. The summed E-state index contributed by atoms with van der Waals surface area (Å²) in [5, 5.41) is 7.43. The van der Waals surface area contributed by atoms with Crippen LogP contribution in [0.3, 0.4) is 0 Å². The van der Waals surface area contributed by atoms with Crippen molar-refractivity contribution in [2.45, 2.75) is 45.3 Å². The van der Waals surface area contributed by atoms with E-state index in [4.69, 9.17) is 4.74 Å². The van der Waals surface area contributed by atoms with Gasteiger partial charge in [0.15, 0.2) is 0 Å². The third kappa shape index (κ3) is 3.26. The maximum atomic E-state index is 5.90. The lowest BCUT2D eigenvalue weighted by Gasteiger charge is -2.36. The minimum atomic E-state index is -0.171. The van der Waals surface area contributed by atoms with Gasteiger partial charge in [-0.1, -0.05) is 6.92 Å². The van der Waals surface area contributed by atoms with Gasteiger partial charge >= 0.3 is 0 Å². The van der Waals surface area contributed by atoms with Crippen LogP contribution in [0.2, 0.25) is 0 Å². The lowest BCUT2D eigenvalue weighted by molar-refractivity contribution is -0.0539. The second kappa shape index (κ2) is 6.12. The average molecular weight is 240 g/mol. The van der Waals surface area contributed by atoms with Gasteiger partial charge in [0.1, 0.15) is 12.2 Å². The topological polar surface area (TPSA) is 52.0 Å². The fourth-order valence-corrected chi connectivity index (χ4v) is 2.09. The third-order valence-corrected chi connectivity index (χ3v) is 3.45. The molecule has 1 aromatic rings. The number of nitrogens with one attached hydrogen (secondary N) is 1. The fourth-order valence-electron chi connectivity index (χ4n) is 2.09. The molecule has 1 rings (SSSR count). The van der Waals surface area contributed by atoms with E-state index in [0.29, 0.717) is 0 Å². The molecule has 1 N–H and O–H groups in total. The Kier molecular flexibility index (Phi) is 5.08. The Hall–Kier alpha value is -0.940. The molecule has 0 radical (unpaired) electrons. The highest BCUT2D eigenvalue weighted by atomic mass is 16.5. The predicted octanol–water partition coefficient (Wildman–Crippen LogP) is 1.15. The van der Waals surface area contributed by atoms with Crippen LogP contribution in [0.25, 0.3) is 0 Å². The quantitative estimate of drug-likeness (QED) is 0.777. The summed E-state index contributed by atoms with van der Waals surface area (Å²) in [6, 6.07) is 0.232. The molecule has 0 fully saturated rings. The Labute approximate surface area is 104 Å². The van der Waals surface area contributed by atoms with Crippen LogP contribution in [0.15, 0.2) is 6.33 Å². The van der Waals surface area contributed by atoms with E-state index in [1.165, 1.54) is 0 Å². The van der Waals surface area contributed by atoms with Gasteiger partial charge in [-0.2, -0.15) is 5.10 Å². The first-order chi connectivity index (χ1) is 8.07. The summed E-state index contributed by atoms with van der Waals surface area (Å²) < 4.78 is 7.71. The zero-order valence-electron chi connectivity index (χ0n) is 11.5. The van der Waals surface area contributed by atoms with E-state index in [1.54, 1.807) is 6.33 Å². The van der Waals surface area contributed by atoms with E-state index < -0.39 is 0 Å². The fraction of sp³-hybridized carbons (Fsp3) is 0.833. The molecule has 2 atom stereocenters. The van der Waals surface area contributed by atoms with Gasteiger partial charge in [-0.15, -0.1) is 0 Å². The maximum absolute atomic E-state index is 5.90. The molecule has 0 amide bonds. The molecule has 1 aromatic heterocycles. The second-order valence-electron chi connectivity index (χ2n) is 4.44. The molecule has 1 heterocycles. The molecule has 5 nitrogen and oxygen atoms in total. The Bertz CT molecular complexity index is 339. The molecule has 0 spiro atoms. The van der Waals surface area contributed by atoms with Crippen molar-refractivity contribution in [3.8, 4) is 0 Å². The Balaban J connectivity index is 2.80. The van der Waals surface area contributed by atoms with Crippen LogP contribution in [0, 0.1) is 0 Å². The Morgan fingerprint density at radius 3 is 2.65 bits per heavy atom. The SMILES string of the molecule is CCOC(C)(CC)C(Cc1ncnn1C)NC. The van der Waals surface area contributed by atoms with E-state index in [0.717, 1.165) is 25.3 Å². The molecule has 0 bridgehead atoms. The van der Waals surface area contributed by atoms with Crippen LogP contribution in [-0.2, 0) is 18.2 Å². The van der Waals surface area contributed by atoms with Crippen molar-refractivity contribution in [1.82, 2.24) is 20.1 Å². The highest BCUT2D eigenvalue weighted by molar-refractivity contribution is 4.97. The van der Waals surface area contributed by atoms with E-state index in [1.807, 2.05) is 25.7 Å². The summed E-state index contributed by atoms with van der Waals surface area (Å²) in [5.74, 6) is 0.976. The smallest absolute Gasteiger partial charge is 0.138 e. The number of aromatic nitrogens is 3. The van der Waals surface area contributed by atoms with E-state index in [-0.39, 0.29) is 11.6 Å². The Morgan fingerprint density at radius 2 is 2.24 bits per heavy atom. The van der Waals surface area contributed by atoms with Gasteiger partial charge in [0.2, 0.25) is 0 Å². The van der Waals surface area contributed by atoms with Crippen molar-refractivity contribution in [1.29, 1.82) is 0 Å². The second-order valence-corrected chi connectivity index (χ2v) is 4.44. The monoisotopic (exact) mass is 240 g/mol. The lowest BCUT2D eigenvalue weighted by Crippen LogP contribution is -2.50. The van der Waals surface area contributed by atoms with E-state index in [2.05, 4.69) is 29.2 Å². The zero-order chi connectivity index (χ0) is 12.9. The summed E-state index contributed by atoms with van der Waals surface area (Å²) in [6.45, 7) is 7.05. The van der Waals surface area contributed by atoms with Crippen LogP contribution < -0.4 is 5.32 Å². The van der Waals surface area contributed by atoms with Crippen molar-refractivity contribution >= 4 is 0 Å². The van der Waals surface area contributed by atoms with Gasteiger partial charge in [0.05, 0.1) is 5.60 Å². The number of hydrogen-bond donors (Lipinski definition) is 1. The van der Waals surface area contributed by atoms with Gasteiger partial charge in [-0.3, -0.25) is 4.68 Å². The highest BCUT2D eigenvalue weighted by Gasteiger charge is 2.33. The van der Waals surface area contributed by atoms with Crippen LogP contribution >= 0.6 is 0 Å². The maximum Gasteiger partial charge on any atom is 0.138 e. The van der Waals surface area contributed by atoms with Crippen molar-refractivity contribution < 1.29 is 4.74 Å². The third-order valence-electron chi connectivity index (χ3n) is 3.45. The summed E-state index contributed by atoms with van der Waals surface area (Å²) in [5.41, 5.74) is -0.171. The molecular formula is C12H24N4O. The number of nitrogens with zero attached hydrogens (tertiary/aromatic N) is 3. The standard InChI is InChI=1S/C12H24N4O/c1-6-12(3,17-7-2)10(13-4)8-11-14-9-15-16(11)5/h9-10,13H,6-8H2,1-5H3. The number of aryl methyl sites for hydroxylation is 1. The minimum absolute atomic E-state index is 0.171. The van der Waals surface area contributed by atoms with Crippen molar-refractivity contribution in [2.24, 2.45) is 7.05 Å². The molecule has 0 aliphatic carbocycles. The molecule has 0 aromatic carbocycles. The van der Waals surface area contributed by atoms with E-state index >= 15 is 0 Å². The van der Waals surface area contributed by atoms with Crippen LogP contribution in [0.4, 0.5) is 0 Å². The minimum Gasteiger partial charge on any atom is -0.374 e. The summed E-state index contributed by atoms with van der Waals surface area (Å²) in [6.07, 6.45) is 3.37. The first-order valence-corrected chi connectivity index (χ1v) is 6.21. The van der Waals surface area contributed by atoms with Gasteiger partial charge in [0.25, 0.3) is 0 Å². The average Bonchev–Trinajstić information content (AvgIpc) is 2.72. The molecule has 5 heteroatoms. The molecule has 0 saturated heterocycles. The van der Waals surface area contributed by atoms with Crippen LogP contribution in [0.5, 0.6) is 0 Å². The Morgan fingerprint density at radius 1 is 1.53 bits per heavy atom. The van der Waals surface area contributed by atoms with Crippen molar-refractivity contribution in [3.05, 3.63) is 12.2 Å². The van der Waals surface area contributed by atoms with E-state index in [9.17, 15) is 0 Å². The first kappa shape index (κ1) is 14.1. The number of ether oxygens (including phenoxy) is 1. The van der Waals surface area contributed by atoms with Crippen molar-refractivity contribution in [3.63, 3.8) is 0 Å². The van der Waals surface area contributed by atoms with Gasteiger partial charge in [-0.25, -0.2) is 4.98 Å². The molecule has 0 aliphatic heterocycles. The largest absolute Gasteiger partial charge is 0.374 e. The molecule has 17 heavy (non-hydrogen) atoms. The van der Waals surface area contributed by atoms with Crippen LogP contribution in [0.1, 0.15) is 33.0 Å². The van der Waals surface area contributed by atoms with Gasteiger partial charge in [-0.05, 0) is 27.3 Å². The molecular weight excluding hydrogens is 216 g/mol. The zero-order valence-corrected chi connectivity index (χ0v) is 11.5. The van der Waals surface area contributed by atoms with Crippen molar-refractivity contribution in [2.75, 3.05) is 13.7 Å².